The van der Waals surface area contributed by atoms with Crippen molar-refractivity contribution in [1.29, 1.82) is 0 Å². The van der Waals surface area contributed by atoms with Crippen molar-refractivity contribution in [2.75, 3.05) is 6.54 Å². The molecule has 0 unspecified atom stereocenters. The minimum absolute atomic E-state index is 0.173. The molecule has 1 aliphatic rings. The topological polar surface area (TPSA) is 66.8 Å². The summed E-state index contributed by atoms with van der Waals surface area (Å²) in [5.74, 6) is 0.173. The van der Waals surface area contributed by atoms with Gasteiger partial charge in [0, 0.05) is 48.1 Å². The highest BCUT2D eigenvalue weighted by Crippen LogP contribution is 2.27. The van der Waals surface area contributed by atoms with E-state index in [1.807, 2.05) is 17.0 Å². The number of fused-ring (bicyclic) bond motifs is 3. The Kier molecular flexibility index (Phi) is 3.14. The molecule has 0 fully saturated rings. The van der Waals surface area contributed by atoms with Crippen molar-refractivity contribution >= 4 is 16.8 Å². The van der Waals surface area contributed by atoms with Crippen molar-refractivity contribution in [3.05, 3.63) is 48.2 Å². The number of hydrogen-bond donors (Lipinski definition) is 1. The number of aromatic nitrogens is 4. The summed E-state index contributed by atoms with van der Waals surface area (Å²) in [6, 6.07) is 8.28. The van der Waals surface area contributed by atoms with Crippen LogP contribution in [0.1, 0.15) is 17.7 Å². The van der Waals surface area contributed by atoms with Gasteiger partial charge in [0.2, 0.25) is 5.91 Å². The third-order valence-corrected chi connectivity index (χ3v) is 4.26. The first kappa shape index (κ1) is 13.1. The van der Waals surface area contributed by atoms with Gasteiger partial charge in [-0.1, -0.05) is 18.2 Å². The molecular weight excluding hydrogens is 278 g/mol. The number of benzene rings is 1. The van der Waals surface area contributed by atoms with Gasteiger partial charge >= 0.3 is 0 Å². The molecule has 1 aromatic carbocycles. The number of nitrogens with zero attached hydrogens (tertiary/aromatic N) is 4. The van der Waals surface area contributed by atoms with Gasteiger partial charge in [0.15, 0.2) is 0 Å². The lowest BCUT2D eigenvalue weighted by atomic mass is 10.0. The Bertz CT molecular complexity index is 805. The van der Waals surface area contributed by atoms with Crippen LogP contribution in [0, 0.1) is 0 Å². The maximum atomic E-state index is 12.4. The van der Waals surface area contributed by atoms with Gasteiger partial charge in [-0.2, -0.15) is 5.10 Å². The van der Waals surface area contributed by atoms with Gasteiger partial charge < -0.3 is 9.88 Å². The molecule has 0 saturated carbocycles. The van der Waals surface area contributed by atoms with E-state index >= 15 is 0 Å². The van der Waals surface area contributed by atoms with E-state index in [1.165, 1.54) is 23.0 Å². The van der Waals surface area contributed by atoms with Crippen molar-refractivity contribution in [3.63, 3.8) is 0 Å². The minimum Gasteiger partial charge on any atom is -0.358 e. The fraction of sp³-hybridized carbons (Fsp3) is 0.312. The summed E-state index contributed by atoms with van der Waals surface area (Å²) in [5.41, 5.74) is 3.68. The fourth-order valence-corrected chi connectivity index (χ4v) is 3.10. The quantitative estimate of drug-likeness (QED) is 0.800. The van der Waals surface area contributed by atoms with E-state index in [0.717, 1.165) is 18.5 Å². The number of carbonyl (C=O) groups is 1. The predicted molar refractivity (Wildman–Crippen MR) is 82.1 cm³/mol. The molecule has 0 saturated heterocycles. The largest absolute Gasteiger partial charge is 0.358 e. The van der Waals surface area contributed by atoms with Crippen LogP contribution in [-0.4, -0.2) is 37.1 Å². The van der Waals surface area contributed by atoms with E-state index in [9.17, 15) is 4.79 Å². The number of amides is 1. The van der Waals surface area contributed by atoms with Crippen LogP contribution in [-0.2, 0) is 24.3 Å². The summed E-state index contributed by atoms with van der Waals surface area (Å²) in [5, 5.41) is 5.26. The van der Waals surface area contributed by atoms with Crippen LogP contribution in [0.2, 0.25) is 0 Å². The number of carbonyl (C=O) groups excluding carboxylic acids is 1. The lowest BCUT2D eigenvalue weighted by molar-refractivity contribution is -0.132. The van der Waals surface area contributed by atoms with Gasteiger partial charge in [0.25, 0.3) is 0 Å². The standard InChI is InChI=1S/C16H17N5O/c22-16(6-8-21-11-17-10-18-21)20-7-5-15-13(9-20)12-3-1-2-4-14(12)19-15/h1-4,10-11,19H,5-9H2. The van der Waals surface area contributed by atoms with Crippen LogP contribution in [0.25, 0.3) is 10.9 Å². The number of rotatable bonds is 3. The molecule has 1 aliphatic heterocycles. The van der Waals surface area contributed by atoms with Crippen molar-refractivity contribution in [1.82, 2.24) is 24.6 Å². The highest BCUT2D eigenvalue weighted by molar-refractivity contribution is 5.86. The summed E-state index contributed by atoms with van der Waals surface area (Å²) in [6.07, 6.45) is 4.48. The Morgan fingerprint density at radius 2 is 2.23 bits per heavy atom. The summed E-state index contributed by atoms with van der Waals surface area (Å²) in [6.45, 7) is 2.04. The minimum atomic E-state index is 0.173. The monoisotopic (exact) mass is 295 g/mol. The van der Waals surface area contributed by atoms with Crippen LogP contribution >= 0.6 is 0 Å². The molecule has 2 aromatic heterocycles. The van der Waals surface area contributed by atoms with Crippen LogP contribution in [0.15, 0.2) is 36.9 Å². The van der Waals surface area contributed by atoms with Gasteiger partial charge in [-0.15, -0.1) is 0 Å². The van der Waals surface area contributed by atoms with Gasteiger partial charge in [0.05, 0.1) is 6.54 Å². The van der Waals surface area contributed by atoms with Crippen LogP contribution in [0.4, 0.5) is 0 Å². The Morgan fingerprint density at radius 1 is 1.32 bits per heavy atom. The highest BCUT2D eigenvalue weighted by Gasteiger charge is 2.23. The second kappa shape index (κ2) is 5.29. The molecule has 0 atom stereocenters. The van der Waals surface area contributed by atoms with Gasteiger partial charge in [-0.3, -0.25) is 9.48 Å². The molecule has 3 aromatic rings. The Morgan fingerprint density at radius 3 is 3.09 bits per heavy atom. The number of aromatic amines is 1. The molecule has 0 bridgehead atoms. The third kappa shape index (κ3) is 2.26. The van der Waals surface area contributed by atoms with Crippen LogP contribution < -0.4 is 0 Å². The second-order valence-electron chi connectivity index (χ2n) is 5.60. The van der Waals surface area contributed by atoms with Gasteiger partial charge in [-0.25, -0.2) is 4.98 Å². The van der Waals surface area contributed by atoms with Crippen molar-refractivity contribution in [2.24, 2.45) is 0 Å². The molecule has 1 N–H and O–H groups in total. The summed E-state index contributed by atoms with van der Waals surface area (Å²) in [7, 11) is 0. The molecule has 22 heavy (non-hydrogen) atoms. The van der Waals surface area contributed by atoms with Gasteiger partial charge in [0.1, 0.15) is 12.7 Å². The summed E-state index contributed by atoms with van der Waals surface area (Å²) >= 11 is 0. The number of aryl methyl sites for hydroxylation is 1. The number of nitrogens with one attached hydrogen (secondary N) is 1. The van der Waals surface area contributed by atoms with E-state index in [4.69, 9.17) is 0 Å². The maximum Gasteiger partial charge on any atom is 0.224 e. The zero-order valence-corrected chi connectivity index (χ0v) is 12.2. The van der Waals surface area contributed by atoms with Crippen LogP contribution in [0.5, 0.6) is 0 Å². The van der Waals surface area contributed by atoms with Crippen molar-refractivity contribution < 1.29 is 4.79 Å². The predicted octanol–water partition coefficient (Wildman–Crippen LogP) is 1.73. The number of hydrogen-bond acceptors (Lipinski definition) is 3. The first-order valence-corrected chi connectivity index (χ1v) is 7.50. The summed E-state index contributed by atoms with van der Waals surface area (Å²) < 4.78 is 1.69. The molecule has 0 radical (unpaired) electrons. The molecule has 6 heteroatoms. The molecular formula is C16H17N5O. The highest BCUT2D eigenvalue weighted by atomic mass is 16.2. The van der Waals surface area contributed by atoms with Crippen molar-refractivity contribution in [3.8, 4) is 0 Å². The third-order valence-electron chi connectivity index (χ3n) is 4.26. The lowest BCUT2D eigenvalue weighted by Gasteiger charge is -2.27. The smallest absolute Gasteiger partial charge is 0.224 e. The first-order chi connectivity index (χ1) is 10.8. The molecule has 0 aliphatic carbocycles. The average molecular weight is 295 g/mol. The van der Waals surface area contributed by atoms with E-state index in [-0.39, 0.29) is 5.91 Å². The summed E-state index contributed by atoms with van der Waals surface area (Å²) in [4.78, 5) is 21.7. The SMILES string of the molecule is O=C(CCn1cncn1)N1CCc2[nH]c3ccccc3c2C1. The Balaban J connectivity index is 1.50. The molecule has 4 rings (SSSR count). The fourth-order valence-electron chi connectivity index (χ4n) is 3.10. The molecule has 112 valence electrons. The van der Waals surface area contributed by atoms with E-state index in [2.05, 4.69) is 27.2 Å². The van der Waals surface area contributed by atoms with Crippen LogP contribution in [0.3, 0.4) is 0 Å². The molecule has 1 amide bonds. The zero-order chi connectivity index (χ0) is 14.9. The molecule has 3 heterocycles. The van der Waals surface area contributed by atoms with E-state index in [0.29, 0.717) is 19.5 Å². The first-order valence-electron chi connectivity index (χ1n) is 7.50. The maximum absolute atomic E-state index is 12.4. The molecule has 6 nitrogen and oxygen atoms in total. The van der Waals surface area contributed by atoms with E-state index < -0.39 is 0 Å². The van der Waals surface area contributed by atoms with Crippen molar-refractivity contribution in [2.45, 2.75) is 25.9 Å². The normalized spacial score (nSPS) is 14.3. The number of H-pyrrole nitrogens is 1. The zero-order valence-electron chi connectivity index (χ0n) is 12.2. The average Bonchev–Trinajstić information content (AvgIpc) is 3.19. The second-order valence-corrected chi connectivity index (χ2v) is 5.60. The van der Waals surface area contributed by atoms with Gasteiger partial charge in [-0.05, 0) is 6.07 Å². The Hall–Kier alpha value is -2.63. The number of para-hydroxylation sites is 1. The lowest BCUT2D eigenvalue weighted by Crippen LogP contribution is -2.36. The molecule has 0 spiro atoms. The van der Waals surface area contributed by atoms with E-state index in [1.54, 1.807) is 11.0 Å². The Labute approximate surface area is 127 Å².